The Morgan fingerprint density at radius 2 is 2.05 bits per heavy atom. The van der Waals surface area contributed by atoms with Crippen LogP contribution in [0.1, 0.15) is 15.9 Å². The Morgan fingerprint density at radius 3 is 2.68 bits per heavy atom. The molecule has 0 N–H and O–H groups in total. The van der Waals surface area contributed by atoms with E-state index in [0.717, 1.165) is 5.56 Å². The molecular formula is C13H17NO4S. The number of carbonyl (C=O) groups is 1. The summed E-state index contributed by atoms with van der Waals surface area (Å²) in [5.74, 6) is 0.265. The minimum atomic E-state index is -1.45. The molecule has 104 valence electrons. The maximum absolute atomic E-state index is 12.4. The van der Waals surface area contributed by atoms with E-state index in [2.05, 4.69) is 0 Å². The van der Waals surface area contributed by atoms with E-state index in [9.17, 15) is 9.00 Å². The SMILES string of the molecule is Cc1ccc(C(=O)N2CCOCC2)c(OS(C)=O)c1. The summed E-state index contributed by atoms with van der Waals surface area (Å²) < 4.78 is 21.7. The van der Waals surface area contributed by atoms with Gasteiger partial charge in [-0.1, -0.05) is 6.07 Å². The Kier molecular flexibility index (Phi) is 4.55. The molecule has 19 heavy (non-hydrogen) atoms. The molecule has 1 aromatic rings. The summed E-state index contributed by atoms with van der Waals surface area (Å²) in [6.07, 6.45) is 1.44. The van der Waals surface area contributed by atoms with Gasteiger partial charge < -0.3 is 13.8 Å². The van der Waals surface area contributed by atoms with Crippen LogP contribution in [0.4, 0.5) is 0 Å². The lowest BCUT2D eigenvalue weighted by Crippen LogP contribution is -2.40. The first-order valence-corrected chi connectivity index (χ1v) is 7.55. The van der Waals surface area contributed by atoms with E-state index in [1.807, 2.05) is 13.0 Å². The van der Waals surface area contributed by atoms with Gasteiger partial charge in [-0.25, -0.2) is 4.21 Å². The lowest BCUT2D eigenvalue weighted by atomic mass is 10.1. The Balaban J connectivity index is 2.26. The lowest BCUT2D eigenvalue weighted by Gasteiger charge is -2.27. The van der Waals surface area contributed by atoms with E-state index in [4.69, 9.17) is 8.92 Å². The van der Waals surface area contributed by atoms with Gasteiger partial charge in [0.1, 0.15) is 0 Å². The van der Waals surface area contributed by atoms with Crippen LogP contribution in [0.15, 0.2) is 18.2 Å². The molecule has 1 aliphatic rings. The maximum Gasteiger partial charge on any atom is 0.257 e. The summed E-state index contributed by atoms with van der Waals surface area (Å²) in [4.78, 5) is 14.1. The largest absolute Gasteiger partial charge is 0.400 e. The summed E-state index contributed by atoms with van der Waals surface area (Å²) in [7, 11) is 0. The van der Waals surface area contributed by atoms with Crippen molar-refractivity contribution in [2.24, 2.45) is 0 Å². The Labute approximate surface area is 115 Å². The van der Waals surface area contributed by atoms with Crippen molar-refractivity contribution >= 4 is 17.0 Å². The van der Waals surface area contributed by atoms with Gasteiger partial charge in [0.25, 0.3) is 5.91 Å². The normalized spacial score (nSPS) is 17.1. The number of morpholine rings is 1. The number of hydrogen-bond acceptors (Lipinski definition) is 4. The number of carbonyl (C=O) groups excluding carboxylic acids is 1. The second-order valence-electron chi connectivity index (χ2n) is 4.39. The summed E-state index contributed by atoms with van der Waals surface area (Å²) in [5, 5.41) is 0. The maximum atomic E-state index is 12.4. The Bertz CT molecular complexity index is 497. The van der Waals surface area contributed by atoms with Gasteiger partial charge in [-0.2, -0.15) is 0 Å². The molecule has 1 unspecified atom stereocenters. The Morgan fingerprint density at radius 1 is 1.37 bits per heavy atom. The zero-order valence-electron chi connectivity index (χ0n) is 11.0. The molecule has 1 amide bonds. The van der Waals surface area contributed by atoms with Crippen LogP contribution in [0.25, 0.3) is 0 Å². The number of ether oxygens (including phenoxy) is 1. The monoisotopic (exact) mass is 283 g/mol. The molecule has 0 saturated carbocycles. The fourth-order valence-corrected chi connectivity index (χ4v) is 2.33. The van der Waals surface area contributed by atoms with Crippen molar-refractivity contribution in [3.05, 3.63) is 29.3 Å². The van der Waals surface area contributed by atoms with Crippen LogP contribution in [0.5, 0.6) is 5.75 Å². The van der Waals surface area contributed by atoms with Crippen LogP contribution >= 0.6 is 0 Å². The molecule has 1 aliphatic heterocycles. The molecule has 1 fully saturated rings. The molecule has 0 spiro atoms. The number of nitrogens with zero attached hydrogens (tertiary/aromatic N) is 1. The molecule has 0 aliphatic carbocycles. The standard InChI is InChI=1S/C13H17NO4S/c1-10-3-4-11(12(9-10)18-19(2)16)13(15)14-5-7-17-8-6-14/h3-4,9H,5-8H2,1-2H3. The zero-order chi connectivity index (χ0) is 13.8. The molecule has 5 nitrogen and oxygen atoms in total. The van der Waals surface area contributed by atoms with Gasteiger partial charge in [-0.3, -0.25) is 4.79 Å². The van der Waals surface area contributed by atoms with Crippen LogP contribution in [-0.2, 0) is 15.8 Å². The first-order chi connectivity index (χ1) is 9.08. The van der Waals surface area contributed by atoms with Gasteiger partial charge in [-0.15, -0.1) is 0 Å². The average molecular weight is 283 g/mol. The van der Waals surface area contributed by atoms with Gasteiger partial charge in [0.2, 0.25) is 11.1 Å². The first kappa shape index (κ1) is 14.0. The highest BCUT2D eigenvalue weighted by atomic mass is 32.2. The topological polar surface area (TPSA) is 55.8 Å². The molecule has 1 heterocycles. The summed E-state index contributed by atoms with van der Waals surface area (Å²) >= 11 is -1.45. The number of amides is 1. The highest BCUT2D eigenvalue weighted by Crippen LogP contribution is 2.23. The Hall–Kier alpha value is -1.40. The molecule has 1 aromatic carbocycles. The predicted octanol–water partition coefficient (Wildman–Crippen LogP) is 1.14. The van der Waals surface area contributed by atoms with E-state index in [1.165, 1.54) is 6.26 Å². The van der Waals surface area contributed by atoms with Crippen LogP contribution in [-0.4, -0.2) is 47.6 Å². The third-order valence-electron chi connectivity index (χ3n) is 2.87. The van der Waals surface area contributed by atoms with Crippen LogP contribution in [0.2, 0.25) is 0 Å². The molecule has 6 heteroatoms. The van der Waals surface area contributed by atoms with Gasteiger partial charge in [-0.05, 0) is 24.6 Å². The number of benzene rings is 1. The second-order valence-corrected chi connectivity index (χ2v) is 5.36. The summed E-state index contributed by atoms with van der Waals surface area (Å²) in [6.45, 7) is 4.14. The van der Waals surface area contributed by atoms with E-state index < -0.39 is 11.1 Å². The average Bonchev–Trinajstić information content (AvgIpc) is 2.38. The minimum absolute atomic E-state index is 0.108. The summed E-state index contributed by atoms with van der Waals surface area (Å²) in [6, 6.07) is 5.30. The quantitative estimate of drug-likeness (QED) is 0.835. The highest BCUT2D eigenvalue weighted by Gasteiger charge is 2.22. The van der Waals surface area contributed by atoms with E-state index in [0.29, 0.717) is 37.6 Å². The van der Waals surface area contributed by atoms with Crippen molar-refractivity contribution < 1.29 is 17.9 Å². The third-order valence-corrected chi connectivity index (χ3v) is 3.29. The second kappa shape index (κ2) is 6.16. The van der Waals surface area contributed by atoms with Crippen molar-refractivity contribution in [2.75, 3.05) is 32.6 Å². The van der Waals surface area contributed by atoms with Crippen LogP contribution in [0.3, 0.4) is 0 Å². The predicted molar refractivity (Wildman–Crippen MR) is 72.6 cm³/mol. The number of aryl methyl sites for hydroxylation is 1. The van der Waals surface area contributed by atoms with Crippen molar-refractivity contribution in [3.63, 3.8) is 0 Å². The number of rotatable bonds is 3. The van der Waals surface area contributed by atoms with E-state index in [-0.39, 0.29) is 5.91 Å². The van der Waals surface area contributed by atoms with Gasteiger partial charge >= 0.3 is 0 Å². The molecule has 1 saturated heterocycles. The molecular weight excluding hydrogens is 266 g/mol. The first-order valence-electron chi connectivity index (χ1n) is 6.07. The van der Waals surface area contributed by atoms with Crippen molar-refractivity contribution in [1.29, 1.82) is 0 Å². The molecule has 0 radical (unpaired) electrons. The molecule has 0 bridgehead atoms. The van der Waals surface area contributed by atoms with Gasteiger partial charge in [0.15, 0.2) is 5.75 Å². The molecule has 1 atom stereocenters. The van der Waals surface area contributed by atoms with Crippen molar-refractivity contribution in [3.8, 4) is 5.75 Å². The van der Waals surface area contributed by atoms with Gasteiger partial charge in [0, 0.05) is 19.3 Å². The fourth-order valence-electron chi connectivity index (χ4n) is 1.94. The summed E-state index contributed by atoms with van der Waals surface area (Å²) in [5.41, 5.74) is 1.40. The van der Waals surface area contributed by atoms with Crippen LogP contribution < -0.4 is 4.18 Å². The van der Waals surface area contributed by atoms with Crippen LogP contribution in [0, 0.1) is 6.92 Å². The lowest BCUT2D eigenvalue weighted by molar-refractivity contribution is 0.0302. The number of hydrogen-bond donors (Lipinski definition) is 0. The zero-order valence-corrected chi connectivity index (χ0v) is 11.9. The van der Waals surface area contributed by atoms with E-state index in [1.54, 1.807) is 17.0 Å². The van der Waals surface area contributed by atoms with E-state index >= 15 is 0 Å². The minimum Gasteiger partial charge on any atom is -0.400 e. The highest BCUT2D eigenvalue weighted by molar-refractivity contribution is 7.79. The smallest absolute Gasteiger partial charge is 0.257 e. The molecule has 2 rings (SSSR count). The fraction of sp³-hybridized carbons (Fsp3) is 0.462. The van der Waals surface area contributed by atoms with Crippen molar-refractivity contribution in [2.45, 2.75) is 6.92 Å². The molecule has 0 aromatic heterocycles. The van der Waals surface area contributed by atoms with Crippen molar-refractivity contribution in [1.82, 2.24) is 4.90 Å². The van der Waals surface area contributed by atoms with Gasteiger partial charge in [0.05, 0.1) is 18.8 Å². The third kappa shape index (κ3) is 3.54.